The maximum Gasteiger partial charge on any atom is 0.304 e. The minimum Gasteiger partial charge on any atom is -0.497 e. The van der Waals surface area contributed by atoms with Gasteiger partial charge in [0.1, 0.15) is 5.75 Å². The smallest absolute Gasteiger partial charge is 0.304 e. The van der Waals surface area contributed by atoms with E-state index in [4.69, 9.17) is 14.2 Å². The van der Waals surface area contributed by atoms with Crippen LogP contribution in [0.5, 0.6) is 5.75 Å². The molecule has 292 valence electrons. The fraction of sp³-hybridized carbons (Fsp3) is 0.364. The molecule has 1 N–H and O–H groups in total. The molecule has 3 heterocycles. The first-order valence-electron chi connectivity index (χ1n) is 19.1. The van der Waals surface area contributed by atoms with Crippen LogP contribution in [-0.2, 0) is 47.3 Å². The second-order valence-electron chi connectivity index (χ2n) is 15.5. The summed E-state index contributed by atoms with van der Waals surface area (Å²) in [6.07, 6.45) is -1.11. The molecule has 4 aromatic rings. The van der Waals surface area contributed by atoms with Gasteiger partial charge in [-0.15, -0.1) is 0 Å². The van der Waals surface area contributed by atoms with Crippen LogP contribution >= 0.6 is 0 Å². The van der Waals surface area contributed by atoms with Crippen molar-refractivity contribution in [3.05, 3.63) is 120 Å². The molecule has 0 radical (unpaired) electrons. The number of hydrogen-bond acceptors (Lipinski definition) is 8. The number of hydrogen-bond donors (Lipinski definition) is 1. The largest absolute Gasteiger partial charge is 0.497 e. The first kappa shape index (κ1) is 39.0. The van der Waals surface area contributed by atoms with Crippen molar-refractivity contribution in [2.24, 2.45) is 5.92 Å². The molecular weight excluding hydrogens is 727 g/mol. The Hall–Kier alpha value is -5.30. The zero-order chi connectivity index (χ0) is 39.8. The van der Waals surface area contributed by atoms with Gasteiger partial charge in [0.2, 0.25) is 11.8 Å². The van der Waals surface area contributed by atoms with E-state index in [-0.39, 0.29) is 61.7 Å². The Balaban J connectivity index is 1.25. The van der Waals surface area contributed by atoms with E-state index in [0.717, 1.165) is 33.3 Å². The number of aliphatic hydroxyl groups excluding tert-OH is 1. The number of ether oxygens (including phenoxy) is 3. The van der Waals surface area contributed by atoms with Crippen molar-refractivity contribution in [1.29, 1.82) is 0 Å². The average Bonchev–Trinajstić information content (AvgIpc) is 3.60. The standard InChI is InChI=1S/C44H49N3O8Si/c1-29-42(56(4,5)35-20-18-34(53-3)19-21-35)38(25-39(50)45(22-23-48)27-31-12-7-6-8-13-31)55-44(29)36-16-9-10-17-37(36)46(43(44)52)28-32-14-11-15-33(24-32)47-40(51)26-41(47)54-30(2)49/h6-21,24,29,38,41-42,48H,22-23,25-28H2,1-5H3/t29-,38+,41?,42-,44+/m0/s1. The minimum absolute atomic E-state index is 0.0427. The summed E-state index contributed by atoms with van der Waals surface area (Å²) in [5.74, 6) is -0.546. The van der Waals surface area contributed by atoms with Crippen LogP contribution in [0.4, 0.5) is 11.4 Å². The maximum absolute atomic E-state index is 15.3. The van der Waals surface area contributed by atoms with Crippen LogP contribution in [-0.4, -0.2) is 74.4 Å². The zero-order valence-electron chi connectivity index (χ0n) is 32.5. The zero-order valence-corrected chi connectivity index (χ0v) is 33.5. The molecule has 4 aromatic carbocycles. The van der Waals surface area contributed by atoms with Gasteiger partial charge in [-0.3, -0.25) is 24.1 Å². The van der Waals surface area contributed by atoms with E-state index >= 15 is 4.79 Å². The molecule has 0 aromatic heterocycles. The number of methoxy groups -OCH3 is 1. The molecule has 7 rings (SSSR count). The monoisotopic (exact) mass is 775 g/mol. The Kier molecular flexibility index (Phi) is 10.9. The average molecular weight is 776 g/mol. The van der Waals surface area contributed by atoms with Gasteiger partial charge in [0.25, 0.3) is 5.91 Å². The molecule has 3 aliphatic heterocycles. The van der Waals surface area contributed by atoms with E-state index in [1.807, 2.05) is 84.9 Å². The number of aliphatic hydroxyl groups is 1. The molecule has 1 spiro atoms. The molecule has 2 saturated heterocycles. The van der Waals surface area contributed by atoms with E-state index < -0.39 is 32.0 Å². The molecule has 5 atom stereocenters. The number of anilines is 2. The van der Waals surface area contributed by atoms with E-state index in [1.165, 1.54) is 11.8 Å². The summed E-state index contributed by atoms with van der Waals surface area (Å²) < 4.78 is 18.0. The molecular formula is C44H49N3O8Si. The number of β-lactam (4-membered cyclic amide) rings is 1. The third-order valence-corrected chi connectivity index (χ3v) is 16.2. The summed E-state index contributed by atoms with van der Waals surface area (Å²) in [6.45, 7) is 8.50. The predicted molar refractivity (Wildman–Crippen MR) is 215 cm³/mol. The van der Waals surface area contributed by atoms with Crippen LogP contribution in [0.1, 0.15) is 43.4 Å². The molecule has 0 bridgehead atoms. The molecule has 3 amide bonds. The van der Waals surface area contributed by atoms with Crippen molar-refractivity contribution in [2.45, 2.75) is 76.3 Å². The number of carbonyl (C=O) groups excluding carboxylic acids is 4. The van der Waals surface area contributed by atoms with Crippen molar-refractivity contribution in [1.82, 2.24) is 4.90 Å². The summed E-state index contributed by atoms with van der Waals surface area (Å²) >= 11 is 0. The second-order valence-corrected chi connectivity index (χ2v) is 20.2. The predicted octanol–water partition coefficient (Wildman–Crippen LogP) is 5.50. The first-order chi connectivity index (χ1) is 26.9. The third kappa shape index (κ3) is 7.01. The summed E-state index contributed by atoms with van der Waals surface area (Å²) in [4.78, 5) is 58.8. The second kappa shape index (κ2) is 15.7. The highest BCUT2D eigenvalue weighted by Crippen LogP contribution is 2.60. The third-order valence-electron chi connectivity index (χ3n) is 11.8. The van der Waals surface area contributed by atoms with Crippen LogP contribution in [0, 0.1) is 5.92 Å². The molecule has 0 saturated carbocycles. The Bertz CT molecular complexity index is 2110. The van der Waals surface area contributed by atoms with Gasteiger partial charge in [0, 0.05) is 37.2 Å². The van der Waals surface area contributed by atoms with Crippen LogP contribution < -0.4 is 19.7 Å². The number of rotatable bonds is 13. The van der Waals surface area contributed by atoms with Crippen LogP contribution in [0.15, 0.2) is 103 Å². The minimum atomic E-state index is -2.53. The van der Waals surface area contributed by atoms with E-state index in [1.54, 1.807) is 23.0 Å². The number of para-hydroxylation sites is 1. The topological polar surface area (TPSA) is 126 Å². The van der Waals surface area contributed by atoms with E-state index in [0.29, 0.717) is 12.2 Å². The molecule has 1 unspecified atom stereocenters. The SMILES string of the molecule is COc1ccc([Si](C)(C)[C@@H]2[C@@H](CC(=O)N(CCO)Cc3ccccc3)O[C@]3(C(=O)N(Cc4cccc(N5C(=O)CC5OC(C)=O)c4)c4ccccc43)[C@H]2C)cc1. The van der Waals surface area contributed by atoms with Crippen molar-refractivity contribution >= 4 is 48.3 Å². The van der Waals surface area contributed by atoms with Gasteiger partial charge in [-0.1, -0.05) is 98.0 Å². The summed E-state index contributed by atoms with van der Waals surface area (Å²) in [5.41, 5.74) is 2.28. The highest BCUT2D eigenvalue weighted by molar-refractivity contribution is 6.91. The first-order valence-corrected chi connectivity index (χ1v) is 22.2. The van der Waals surface area contributed by atoms with E-state index in [2.05, 4.69) is 32.2 Å². The van der Waals surface area contributed by atoms with Crippen molar-refractivity contribution < 1.29 is 38.5 Å². The Morgan fingerprint density at radius 2 is 1.64 bits per heavy atom. The van der Waals surface area contributed by atoms with Gasteiger partial charge in [0.15, 0.2) is 11.8 Å². The molecule has 12 heteroatoms. The number of esters is 1. The van der Waals surface area contributed by atoms with Gasteiger partial charge < -0.3 is 29.1 Å². The molecule has 0 aliphatic carbocycles. The highest BCUT2D eigenvalue weighted by Gasteiger charge is 2.66. The lowest BCUT2D eigenvalue weighted by molar-refractivity contribution is -0.154. The van der Waals surface area contributed by atoms with Crippen molar-refractivity contribution in [2.75, 3.05) is 30.1 Å². The fourth-order valence-electron chi connectivity index (χ4n) is 9.11. The van der Waals surface area contributed by atoms with Gasteiger partial charge in [-0.25, -0.2) is 0 Å². The van der Waals surface area contributed by atoms with Crippen molar-refractivity contribution in [3.63, 3.8) is 0 Å². The maximum atomic E-state index is 15.3. The van der Waals surface area contributed by atoms with Crippen LogP contribution in [0.2, 0.25) is 18.6 Å². The molecule has 11 nitrogen and oxygen atoms in total. The Labute approximate surface area is 328 Å². The van der Waals surface area contributed by atoms with Crippen LogP contribution in [0.25, 0.3) is 0 Å². The summed E-state index contributed by atoms with van der Waals surface area (Å²) in [7, 11) is -0.893. The fourth-order valence-corrected chi connectivity index (χ4v) is 13.1. The quantitative estimate of drug-likeness (QED) is 0.107. The number of benzene rings is 4. The number of nitrogens with zero attached hydrogens (tertiary/aromatic N) is 3. The summed E-state index contributed by atoms with van der Waals surface area (Å²) in [6, 6.07) is 32.9. The normalized spacial score (nSPS) is 22.9. The number of amides is 3. The molecule has 56 heavy (non-hydrogen) atoms. The lowest BCUT2D eigenvalue weighted by Crippen LogP contribution is -2.54. The lowest BCUT2D eigenvalue weighted by Gasteiger charge is -2.39. The molecule has 2 fully saturated rings. The van der Waals surface area contributed by atoms with Gasteiger partial charge in [-0.2, -0.15) is 0 Å². The Morgan fingerprint density at radius 1 is 0.946 bits per heavy atom. The summed E-state index contributed by atoms with van der Waals surface area (Å²) in [5, 5.41) is 11.2. The molecule has 3 aliphatic rings. The van der Waals surface area contributed by atoms with Gasteiger partial charge >= 0.3 is 5.97 Å². The number of fused-ring (bicyclic) bond motifs is 2. The van der Waals surface area contributed by atoms with Crippen LogP contribution in [0.3, 0.4) is 0 Å². The highest BCUT2D eigenvalue weighted by atomic mass is 28.3. The van der Waals surface area contributed by atoms with E-state index in [9.17, 15) is 19.5 Å². The number of carbonyl (C=O) groups is 4. The van der Waals surface area contributed by atoms with Gasteiger partial charge in [-0.05, 0) is 47.0 Å². The lowest BCUT2D eigenvalue weighted by atomic mass is 9.82. The Morgan fingerprint density at radius 3 is 2.32 bits per heavy atom. The van der Waals surface area contributed by atoms with Gasteiger partial charge in [0.05, 0.1) is 53.0 Å². The van der Waals surface area contributed by atoms with Crippen molar-refractivity contribution in [3.8, 4) is 5.75 Å².